The summed E-state index contributed by atoms with van der Waals surface area (Å²) in [5, 5.41) is 2.30. The number of phosphoric ester groups is 1. The molecule has 12 heteroatoms. The standard InChI is InChI=1S/C11H23N2O7P.U.V/c1-10(17-2)3-5-18-7-11(13-9-14)8-20-21(15,16)19-6-4-12;;/h10-12H,3-8H2,1-2H3,(H,13,14)(H,15,16);;/q-2;;. The molecule has 0 aliphatic rings. The average molecular weight is 615 g/mol. The maximum absolute atomic E-state index is 11.4. The van der Waals surface area contributed by atoms with Crippen molar-refractivity contribution >= 4 is 14.2 Å². The first-order chi connectivity index (χ1) is 9.95. The molecule has 3 N–H and O–H groups in total. The first kappa shape index (κ1) is 28.9. The molecule has 0 aromatic rings. The first-order valence-electron chi connectivity index (χ1n) is 6.44. The fourth-order valence-corrected chi connectivity index (χ4v) is 1.95. The summed E-state index contributed by atoms with van der Waals surface area (Å²) >= 11 is 0. The summed E-state index contributed by atoms with van der Waals surface area (Å²) in [5.41, 5.74) is 6.82. The number of methoxy groups -OCH3 is 1. The van der Waals surface area contributed by atoms with Gasteiger partial charge >= 0.3 is 7.82 Å². The largest absolute Gasteiger partial charge is 0.676 e. The third-order valence-electron chi connectivity index (χ3n) is 2.45. The summed E-state index contributed by atoms with van der Waals surface area (Å²) in [7, 11) is -2.61. The Morgan fingerprint density at radius 1 is 1.30 bits per heavy atom. The van der Waals surface area contributed by atoms with Crippen molar-refractivity contribution in [2.45, 2.75) is 25.5 Å². The maximum atomic E-state index is 11.4. The van der Waals surface area contributed by atoms with Crippen LogP contribution in [0.2, 0.25) is 0 Å². The third-order valence-corrected chi connectivity index (χ3v) is 3.43. The predicted octanol–water partition coefficient (Wildman–Crippen LogP) is 0.637. The Kier molecular flexibility index (Phi) is 22.5. The number of ether oxygens (including phenoxy) is 2. The number of amides is 1. The molecule has 9 nitrogen and oxygen atoms in total. The van der Waals surface area contributed by atoms with E-state index in [0.717, 1.165) is 0 Å². The van der Waals surface area contributed by atoms with Gasteiger partial charge in [-0.25, -0.2) is 4.57 Å². The second-order valence-corrected chi connectivity index (χ2v) is 5.65. The zero-order valence-corrected chi connectivity index (χ0v) is 19.6. The Hall–Kier alpha value is 1.10. The minimum Gasteiger partial charge on any atom is -0.676 e. The molecule has 0 saturated heterocycles. The molecular weight excluding hydrogens is 592 g/mol. The molecular formula is C11H23N2O7PUV-2. The molecule has 0 aromatic carbocycles. The maximum Gasteiger partial charge on any atom is 0.472 e. The monoisotopic (exact) mass is 615 g/mol. The number of hydrogen-bond donors (Lipinski definition) is 2. The molecule has 0 aliphatic heterocycles. The van der Waals surface area contributed by atoms with E-state index < -0.39 is 13.9 Å². The number of hydrogen-bond acceptors (Lipinski definition) is 6. The molecule has 0 heterocycles. The van der Waals surface area contributed by atoms with E-state index in [9.17, 15) is 14.3 Å². The van der Waals surface area contributed by atoms with Crippen LogP contribution >= 0.6 is 7.82 Å². The van der Waals surface area contributed by atoms with Crippen molar-refractivity contribution in [2.75, 3.05) is 40.1 Å². The Labute approximate surface area is 172 Å². The van der Waals surface area contributed by atoms with Crippen molar-refractivity contribution in [3.05, 3.63) is 5.73 Å². The normalized spacial score (nSPS) is 15.5. The molecule has 0 spiro atoms. The summed E-state index contributed by atoms with van der Waals surface area (Å²) in [5.74, 6) is 0. The molecule has 3 unspecified atom stereocenters. The van der Waals surface area contributed by atoms with E-state index in [1.807, 2.05) is 6.92 Å². The van der Waals surface area contributed by atoms with E-state index in [1.54, 1.807) is 7.11 Å². The second-order valence-electron chi connectivity index (χ2n) is 4.20. The van der Waals surface area contributed by atoms with Gasteiger partial charge in [-0.15, -0.1) is 6.54 Å². The van der Waals surface area contributed by atoms with Gasteiger partial charge in [-0.05, 0) is 13.3 Å². The van der Waals surface area contributed by atoms with Gasteiger partial charge in [0.2, 0.25) is 0 Å². The van der Waals surface area contributed by atoms with Crippen LogP contribution in [0.15, 0.2) is 0 Å². The molecule has 3 atom stereocenters. The van der Waals surface area contributed by atoms with Gasteiger partial charge in [0.05, 0.1) is 19.3 Å². The van der Waals surface area contributed by atoms with Crippen LogP contribution in [-0.2, 0) is 46.4 Å². The van der Waals surface area contributed by atoms with Gasteiger partial charge in [0.25, 0.3) is 0 Å². The summed E-state index contributed by atoms with van der Waals surface area (Å²) in [6.07, 6.45) is 2.22. The quantitative estimate of drug-likeness (QED) is 0.127. The predicted molar refractivity (Wildman–Crippen MR) is 75.4 cm³/mol. The van der Waals surface area contributed by atoms with Crippen LogP contribution in [0.25, 0.3) is 5.73 Å². The van der Waals surface area contributed by atoms with Crippen LogP contribution in [0.4, 0.5) is 0 Å². The van der Waals surface area contributed by atoms with Gasteiger partial charge < -0.3 is 30.2 Å². The van der Waals surface area contributed by atoms with Gasteiger partial charge in [0.1, 0.15) is 0 Å². The van der Waals surface area contributed by atoms with E-state index in [2.05, 4.69) is 9.84 Å². The van der Waals surface area contributed by atoms with Crippen LogP contribution in [0.1, 0.15) is 13.3 Å². The van der Waals surface area contributed by atoms with Crippen LogP contribution in [0.5, 0.6) is 0 Å². The Morgan fingerprint density at radius 3 is 2.48 bits per heavy atom. The van der Waals surface area contributed by atoms with Crippen molar-refractivity contribution in [2.24, 2.45) is 0 Å². The van der Waals surface area contributed by atoms with Crippen molar-refractivity contribution < 1.29 is 82.4 Å². The average Bonchev–Trinajstić information content (AvgIpc) is 2.46. The summed E-state index contributed by atoms with van der Waals surface area (Å²) < 4.78 is 31.0. The topological polar surface area (TPSA) is 127 Å². The zero-order chi connectivity index (χ0) is 16.1. The van der Waals surface area contributed by atoms with Crippen molar-refractivity contribution in [1.29, 1.82) is 0 Å². The molecule has 0 aliphatic carbocycles. The van der Waals surface area contributed by atoms with E-state index >= 15 is 0 Å². The molecule has 135 valence electrons. The zero-order valence-electron chi connectivity index (χ0n) is 13.2. The Balaban J connectivity index is -0.00000200. The Bertz CT molecular complexity index is 331. The minimum atomic E-state index is -4.21. The van der Waals surface area contributed by atoms with Gasteiger partial charge in [-0.2, -0.15) is 6.41 Å². The number of phosphoric acid groups is 1. The molecule has 0 bridgehead atoms. The molecule has 0 aromatic heterocycles. The Morgan fingerprint density at radius 2 is 1.96 bits per heavy atom. The van der Waals surface area contributed by atoms with Crippen LogP contribution in [-0.4, -0.2) is 63.5 Å². The number of rotatable bonds is 14. The van der Waals surface area contributed by atoms with Gasteiger partial charge in [0, 0.05) is 76.0 Å². The number of nitrogens with one attached hydrogen (secondary N) is 2. The van der Waals surface area contributed by atoms with Crippen molar-refractivity contribution in [3.63, 3.8) is 0 Å². The third kappa shape index (κ3) is 17.7. The van der Waals surface area contributed by atoms with Crippen LogP contribution in [0.3, 0.4) is 0 Å². The smallest absolute Gasteiger partial charge is 0.472 e. The SMILES string of the molecule is COC(C)CCOCC(COP(=O)(O)OCC[NH-])N[C-]=O.[U].[V]. The fourth-order valence-electron chi connectivity index (χ4n) is 1.19. The fraction of sp³-hybridized carbons (Fsp3) is 0.909. The van der Waals surface area contributed by atoms with Crippen molar-refractivity contribution in [1.82, 2.24) is 5.32 Å². The van der Waals surface area contributed by atoms with E-state index in [1.165, 1.54) is 6.41 Å². The summed E-state index contributed by atoms with van der Waals surface area (Å²) in [6, 6.07) is -0.625. The summed E-state index contributed by atoms with van der Waals surface area (Å²) in [6.45, 7) is 1.78. The second kappa shape index (κ2) is 17.9. The first-order valence-corrected chi connectivity index (χ1v) is 7.94. The molecule has 1 radical (unpaired) electrons. The van der Waals surface area contributed by atoms with Crippen molar-refractivity contribution in [3.8, 4) is 0 Å². The van der Waals surface area contributed by atoms with Crippen LogP contribution in [0, 0.1) is 31.1 Å². The van der Waals surface area contributed by atoms with Gasteiger partial charge in [0.15, 0.2) is 0 Å². The number of carbonyl (C=O) groups excluding carboxylic acids is 1. The molecule has 0 saturated carbocycles. The minimum absolute atomic E-state index is 0. The van der Waals surface area contributed by atoms with E-state index in [0.29, 0.717) is 13.0 Å². The molecule has 0 rings (SSSR count). The van der Waals surface area contributed by atoms with E-state index in [-0.39, 0.29) is 82.1 Å². The van der Waals surface area contributed by atoms with E-state index in [4.69, 9.17) is 19.7 Å². The molecule has 23 heavy (non-hydrogen) atoms. The molecule has 1 amide bonds. The summed E-state index contributed by atoms with van der Waals surface area (Å²) in [4.78, 5) is 19.6. The molecule has 0 fully saturated rings. The van der Waals surface area contributed by atoms with Gasteiger partial charge in [-0.1, -0.05) is 0 Å². The van der Waals surface area contributed by atoms with Crippen LogP contribution < -0.4 is 5.32 Å². The van der Waals surface area contributed by atoms with Gasteiger partial charge in [-0.3, -0.25) is 9.05 Å².